The maximum atomic E-state index is 10.7. The molecule has 0 unspecified atom stereocenters. The van der Waals surface area contributed by atoms with Gasteiger partial charge in [0.25, 0.3) is 0 Å². The molecule has 2 rings (SSSR count). The van der Waals surface area contributed by atoms with Crippen molar-refractivity contribution in [3.8, 4) is 5.75 Å². The molecule has 0 radical (unpaired) electrons. The van der Waals surface area contributed by atoms with E-state index in [1.165, 1.54) is 18.3 Å². The second-order valence-electron chi connectivity index (χ2n) is 3.11. The van der Waals surface area contributed by atoms with E-state index in [0.29, 0.717) is 5.39 Å². The molecule has 0 fully saturated rings. The van der Waals surface area contributed by atoms with Crippen LogP contribution in [0.5, 0.6) is 5.75 Å². The van der Waals surface area contributed by atoms with Gasteiger partial charge in [-0.2, -0.15) is 8.42 Å². The number of fused-ring (bicyclic) bond motifs is 1. The van der Waals surface area contributed by atoms with Gasteiger partial charge in [0, 0.05) is 11.6 Å². The number of phenolic OH excluding ortho intramolecular Hbond substituents is 1. The highest BCUT2D eigenvalue weighted by Crippen LogP contribution is 2.29. The van der Waals surface area contributed by atoms with Crippen molar-refractivity contribution in [1.29, 1.82) is 0 Å². The summed E-state index contributed by atoms with van der Waals surface area (Å²) in [7, 11) is -4.34. The summed E-state index contributed by atoms with van der Waals surface area (Å²) in [5.41, 5.74) is 0.416. The molecule has 1 aromatic carbocycles. The summed E-state index contributed by atoms with van der Waals surface area (Å²) in [6.07, 6.45) is 1.47. The summed E-state index contributed by atoms with van der Waals surface area (Å²) in [4.78, 5) is 3.90. The predicted molar refractivity (Wildman–Crippen MR) is 58.6 cm³/mol. The predicted octanol–water partition coefficient (Wildman–Crippen LogP) is 1.16. The van der Waals surface area contributed by atoms with Gasteiger partial charge >= 0.3 is 10.3 Å². The zero-order valence-corrected chi connectivity index (χ0v) is 8.77. The lowest BCUT2D eigenvalue weighted by molar-refractivity contribution is 0.480. The van der Waals surface area contributed by atoms with E-state index in [-0.39, 0.29) is 17.0 Å². The molecule has 1 heterocycles. The molecule has 1 aromatic heterocycles. The number of hydrogen-bond donors (Lipinski definition) is 3. The number of pyridine rings is 1. The number of anilines is 1. The van der Waals surface area contributed by atoms with Crippen molar-refractivity contribution < 1.29 is 18.1 Å². The average Bonchev–Trinajstić information content (AvgIpc) is 2.21. The minimum absolute atomic E-state index is 0.0588. The van der Waals surface area contributed by atoms with Crippen molar-refractivity contribution >= 4 is 26.9 Å². The molecule has 16 heavy (non-hydrogen) atoms. The van der Waals surface area contributed by atoms with E-state index < -0.39 is 10.3 Å². The van der Waals surface area contributed by atoms with E-state index in [0.717, 1.165) is 0 Å². The Hall–Kier alpha value is -1.86. The first-order valence-corrected chi connectivity index (χ1v) is 5.73. The Bertz CT molecular complexity index is 639. The van der Waals surface area contributed by atoms with Crippen LogP contribution >= 0.6 is 0 Å². The topological polar surface area (TPSA) is 99.5 Å². The number of hydrogen-bond acceptors (Lipinski definition) is 4. The standard InChI is InChI=1S/C9H8N2O4S/c12-8-4-3-7(11-16(13,14)15)6-2-1-5-10-9(6)8/h1-5,11-12H,(H,13,14,15). The minimum Gasteiger partial charge on any atom is -0.506 e. The van der Waals surface area contributed by atoms with Gasteiger partial charge in [0.2, 0.25) is 0 Å². The molecule has 3 N–H and O–H groups in total. The second kappa shape index (κ2) is 3.62. The van der Waals surface area contributed by atoms with Crippen LogP contribution in [0.4, 0.5) is 5.69 Å². The van der Waals surface area contributed by atoms with Crippen LogP contribution in [0.15, 0.2) is 30.5 Å². The monoisotopic (exact) mass is 240 g/mol. The molecule has 0 aliphatic carbocycles. The highest BCUT2D eigenvalue weighted by Gasteiger charge is 2.10. The largest absolute Gasteiger partial charge is 0.506 e. The van der Waals surface area contributed by atoms with Crippen LogP contribution in [0.3, 0.4) is 0 Å². The second-order valence-corrected chi connectivity index (χ2v) is 4.26. The van der Waals surface area contributed by atoms with Crippen LogP contribution in [-0.4, -0.2) is 23.1 Å². The molecule has 0 saturated heterocycles. The van der Waals surface area contributed by atoms with Gasteiger partial charge in [-0.25, -0.2) is 0 Å². The highest BCUT2D eigenvalue weighted by molar-refractivity contribution is 7.87. The van der Waals surface area contributed by atoms with E-state index >= 15 is 0 Å². The number of nitrogens with zero attached hydrogens (tertiary/aromatic N) is 1. The van der Waals surface area contributed by atoms with Crippen LogP contribution in [0.25, 0.3) is 10.9 Å². The molecule has 0 bridgehead atoms. The minimum atomic E-state index is -4.34. The average molecular weight is 240 g/mol. The first kappa shape index (κ1) is 10.7. The van der Waals surface area contributed by atoms with Crippen molar-refractivity contribution in [2.24, 2.45) is 0 Å². The van der Waals surface area contributed by atoms with Crippen LogP contribution in [0.1, 0.15) is 0 Å². The van der Waals surface area contributed by atoms with Gasteiger partial charge in [0.15, 0.2) is 0 Å². The fourth-order valence-corrected chi connectivity index (χ4v) is 1.84. The SMILES string of the molecule is O=S(=O)(O)Nc1ccc(O)c2ncccc12. The van der Waals surface area contributed by atoms with Gasteiger partial charge in [0.1, 0.15) is 11.3 Å². The summed E-state index contributed by atoms with van der Waals surface area (Å²) in [6.45, 7) is 0. The Morgan fingerprint density at radius 3 is 2.69 bits per heavy atom. The molecular weight excluding hydrogens is 232 g/mol. The summed E-state index contributed by atoms with van der Waals surface area (Å²) >= 11 is 0. The maximum absolute atomic E-state index is 10.7. The van der Waals surface area contributed by atoms with Gasteiger partial charge in [-0.05, 0) is 24.3 Å². The van der Waals surface area contributed by atoms with Crippen molar-refractivity contribution in [2.45, 2.75) is 0 Å². The maximum Gasteiger partial charge on any atom is 0.357 e. The van der Waals surface area contributed by atoms with Crippen LogP contribution in [-0.2, 0) is 10.3 Å². The lowest BCUT2D eigenvalue weighted by Gasteiger charge is -2.07. The lowest BCUT2D eigenvalue weighted by Crippen LogP contribution is -2.10. The molecule has 0 saturated carbocycles. The molecular formula is C9H8N2O4S. The fraction of sp³-hybridized carbons (Fsp3) is 0. The van der Waals surface area contributed by atoms with Gasteiger partial charge in [-0.3, -0.25) is 14.3 Å². The van der Waals surface area contributed by atoms with Gasteiger partial charge in [-0.15, -0.1) is 0 Å². The van der Waals surface area contributed by atoms with Crippen molar-refractivity contribution in [3.63, 3.8) is 0 Å². The van der Waals surface area contributed by atoms with Crippen LogP contribution in [0.2, 0.25) is 0 Å². The number of benzene rings is 1. The zero-order valence-electron chi connectivity index (χ0n) is 7.95. The Labute approximate surface area is 91.4 Å². The van der Waals surface area contributed by atoms with Crippen molar-refractivity contribution in [1.82, 2.24) is 4.98 Å². The first-order valence-electron chi connectivity index (χ1n) is 4.29. The van der Waals surface area contributed by atoms with Gasteiger partial charge in [0.05, 0.1) is 5.69 Å². The van der Waals surface area contributed by atoms with Crippen molar-refractivity contribution in [3.05, 3.63) is 30.5 Å². The Morgan fingerprint density at radius 1 is 1.25 bits per heavy atom. The molecule has 0 spiro atoms. The molecule has 0 aliphatic rings. The summed E-state index contributed by atoms with van der Waals surface area (Å²) in [5.74, 6) is -0.0588. The molecule has 0 amide bonds. The quantitative estimate of drug-likeness (QED) is 0.540. The number of rotatable bonds is 2. The third kappa shape index (κ3) is 2.05. The Balaban J connectivity index is 2.68. The number of phenols is 1. The lowest BCUT2D eigenvalue weighted by atomic mass is 10.2. The number of aromatic hydroxyl groups is 1. The summed E-state index contributed by atoms with van der Waals surface area (Å²) < 4.78 is 32.0. The Morgan fingerprint density at radius 2 is 2.00 bits per heavy atom. The van der Waals surface area contributed by atoms with Gasteiger partial charge in [-0.1, -0.05) is 0 Å². The van der Waals surface area contributed by atoms with E-state index in [4.69, 9.17) is 4.55 Å². The molecule has 6 nitrogen and oxygen atoms in total. The zero-order chi connectivity index (χ0) is 11.8. The molecule has 2 aromatic rings. The van der Waals surface area contributed by atoms with Crippen molar-refractivity contribution in [2.75, 3.05) is 4.72 Å². The van der Waals surface area contributed by atoms with Crippen LogP contribution < -0.4 is 4.72 Å². The Kier molecular flexibility index (Phi) is 2.41. The van der Waals surface area contributed by atoms with Gasteiger partial charge < -0.3 is 5.11 Å². The highest BCUT2D eigenvalue weighted by atomic mass is 32.2. The summed E-state index contributed by atoms with van der Waals surface area (Å²) in [6, 6.07) is 5.81. The molecule has 84 valence electrons. The number of aromatic nitrogens is 1. The molecule has 7 heteroatoms. The van der Waals surface area contributed by atoms with E-state index in [2.05, 4.69) is 4.98 Å². The summed E-state index contributed by atoms with van der Waals surface area (Å²) in [5, 5.41) is 9.89. The number of nitrogens with one attached hydrogen (secondary N) is 1. The third-order valence-electron chi connectivity index (χ3n) is 1.99. The fourth-order valence-electron chi connectivity index (χ4n) is 1.39. The van der Waals surface area contributed by atoms with E-state index in [9.17, 15) is 13.5 Å². The smallest absolute Gasteiger partial charge is 0.357 e. The van der Waals surface area contributed by atoms with E-state index in [1.807, 2.05) is 4.72 Å². The normalized spacial score (nSPS) is 11.6. The third-order valence-corrected chi connectivity index (χ3v) is 2.47. The van der Waals surface area contributed by atoms with Crippen LogP contribution in [0, 0.1) is 0 Å². The van der Waals surface area contributed by atoms with E-state index in [1.54, 1.807) is 12.1 Å². The first-order chi connectivity index (χ1) is 7.47. The molecule has 0 aliphatic heterocycles. The molecule has 0 atom stereocenters.